The molecule has 7 nitrogen and oxygen atoms in total. The first-order valence-corrected chi connectivity index (χ1v) is 10.5. The zero-order valence-corrected chi connectivity index (χ0v) is 17.8. The Kier molecular flexibility index (Phi) is 7.74. The third-order valence-corrected chi connectivity index (χ3v) is 4.86. The highest BCUT2D eigenvalue weighted by Crippen LogP contribution is 2.21. The third kappa shape index (κ3) is 6.44. The third-order valence-electron chi connectivity index (χ3n) is 4.10. The number of hydrogen-bond donors (Lipinski definition) is 1. The molecule has 1 aliphatic heterocycles. The average molecular weight is 408 g/mol. The summed E-state index contributed by atoms with van der Waals surface area (Å²) in [5.74, 6) is 0.234. The van der Waals surface area contributed by atoms with Gasteiger partial charge >= 0.3 is 6.09 Å². The fraction of sp³-hybridized carbons (Fsp3) is 0.550. The second-order valence-electron chi connectivity index (χ2n) is 7.58. The molecule has 2 rings (SSSR count). The molecule has 1 unspecified atom stereocenters. The minimum absolute atomic E-state index is 0.235. The highest BCUT2D eigenvalue weighted by atomic mass is 32.2. The van der Waals surface area contributed by atoms with Crippen LogP contribution in [0.3, 0.4) is 0 Å². The number of hydrogen-bond acceptors (Lipinski definition) is 5. The van der Waals surface area contributed by atoms with E-state index < -0.39 is 17.7 Å². The molecule has 1 aromatic rings. The summed E-state index contributed by atoms with van der Waals surface area (Å²) >= 11 is 1.13. The molecule has 1 fully saturated rings. The zero-order valence-electron chi connectivity index (χ0n) is 16.9. The Hall–Kier alpha value is -2.22. The van der Waals surface area contributed by atoms with E-state index in [2.05, 4.69) is 5.43 Å². The monoisotopic (exact) mass is 407 g/mol. The first-order chi connectivity index (χ1) is 13.2. The van der Waals surface area contributed by atoms with Crippen molar-refractivity contribution >= 4 is 29.0 Å². The quantitative estimate of drug-likeness (QED) is 0.768. The van der Waals surface area contributed by atoms with Crippen molar-refractivity contribution in [3.63, 3.8) is 0 Å². The molecule has 1 aliphatic rings. The Bertz CT molecular complexity index is 690. The Labute approximate surface area is 170 Å². The van der Waals surface area contributed by atoms with Crippen LogP contribution in [0.4, 0.5) is 9.59 Å². The molecule has 0 bridgehead atoms. The molecule has 1 heterocycles. The van der Waals surface area contributed by atoms with Crippen LogP contribution in [0.5, 0.6) is 0 Å². The first kappa shape index (κ1) is 22.1. The van der Waals surface area contributed by atoms with E-state index in [0.29, 0.717) is 25.1 Å². The van der Waals surface area contributed by atoms with E-state index in [0.717, 1.165) is 17.3 Å². The van der Waals surface area contributed by atoms with Crippen LogP contribution in [-0.4, -0.2) is 51.1 Å². The normalized spacial score (nSPS) is 16.6. The maximum atomic E-state index is 12.9. The first-order valence-electron chi connectivity index (χ1n) is 9.49. The van der Waals surface area contributed by atoms with E-state index in [1.165, 1.54) is 9.91 Å². The number of nitrogens with zero attached hydrogens (tertiary/aromatic N) is 2. The lowest BCUT2D eigenvalue weighted by Crippen LogP contribution is -2.53. The largest absolute Gasteiger partial charge is 0.444 e. The van der Waals surface area contributed by atoms with Gasteiger partial charge in [-0.1, -0.05) is 49.0 Å². The van der Waals surface area contributed by atoms with Crippen LogP contribution in [0.15, 0.2) is 30.3 Å². The summed E-state index contributed by atoms with van der Waals surface area (Å²) in [7, 11) is 0. The van der Waals surface area contributed by atoms with Crippen molar-refractivity contribution < 1.29 is 19.1 Å². The van der Waals surface area contributed by atoms with E-state index >= 15 is 0 Å². The fourth-order valence-electron chi connectivity index (χ4n) is 2.90. The number of carbonyl (C=O) groups excluding carboxylic acids is 3. The van der Waals surface area contributed by atoms with Crippen molar-refractivity contribution in [1.82, 2.24) is 15.3 Å². The SMILES string of the molecule is CCSC(=O)N(Cc1ccccc1)NC(=O)C1CCCN1C(=O)OC(C)(C)C. The summed E-state index contributed by atoms with van der Waals surface area (Å²) in [6, 6.07) is 8.80. The molecule has 1 atom stereocenters. The smallest absolute Gasteiger partial charge is 0.410 e. The number of thioether (sulfide) groups is 1. The van der Waals surface area contributed by atoms with Gasteiger partial charge in [0.05, 0.1) is 6.54 Å². The van der Waals surface area contributed by atoms with Gasteiger partial charge < -0.3 is 4.74 Å². The van der Waals surface area contributed by atoms with Gasteiger partial charge in [-0.3, -0.25) is 19.9 Å². The van der Waals surface area contributed by atoms with Crippen LogP contribution in [0.1, 0.15) is 46.1 Å². The van der Waals surface area contributed by atoms with Gasteiger partial charge in [0, 0.05) is 6.54 Å². The van der Waals surface area contributed by atoms with Gasteiger partial charge in [-0.25, -0.2) is 9.80 Å². The second kappa shape index (κ2) is 9.82. The predicted molar refractivity (Wildman–Crippen MR) is 110 cm³/mol. The highest BCUT2D eigenvalue weighted by Gasteiger charge is 2.37. The molecule has 154 valence electrons. The summed E-state index contributed by atoms with van der Waals surface area (Å²) in [5.41, 5.74) is 2.99. The summed E-state index contributed by atoms with van der Waals surface area (Å²) < 4.78 is 5.41. The topological polar surface area (TPSA) is 79.0 Å². The van der Waals surface area contributed by atoms with Crippen LogP contribution in [0.25, 0.3) is 0 Å². The highest BCUT2D eigenvalue weighted by molar-refractivity contribution is 8.13. The Morgan fingerprint density at radius 2 is 1.93 bits per heavy atom. The van der Waals surface area contributed by atoms with Gasteiger partial charge in [0.1, 0.15) is 11.6 Å². The molecule has 0 spiro atoms. The molecule has 1 aromatic carbocycles. The molecule has 28 heavy (non-hydrogen) atoms. The number of amides is 3. The molecule has 1 saturated heterocycles. The van der Waals surface area contributed by atoms with E-state index in [1.54, 1.807) is 20.8 Å². The predicted octanol–water partition coefficient (Wildman–Crippen LogP) is 3.79. The number of likely N-dealkylation sites (tertiary alicyclic amines) is 1. The van der Waals surface area contributed by atoms with Crippen LogP contribution in [0.2, 0.25) is 0 Å². The molecule has 8 heteroatoms. The fourth-order valence-corrected chi connectivity index (χ4v) is 3.42. The molecule has 0 aliphatic carbocycles. The summed E-state index contributed by atoms with van der Waals surface area (Å²) in [5, 5.41) is 1.08. The maximum Gasteiger partial charge on any atom is 0.410 e. The number of nitrogens with one attached hydrogen (secondary N) is 1. The maximum absolute atomic E-state index is 12.9. The molecule has 3 amide bonds. The van der Waals surface area contributed by atoms with Crippen LogP contribution in [-0.2, 0) is 16.1 Å². The molecular weight excluding hydrogens is 378 g/mol. The lowest BCUT2D eigenvalue weighted by molar-refractivity contribution is -0.129. The zero-order chi connectivity index (χ0) is 20.7. The van der Waals surface area contributed by atoms with E-state index in [-0.39, 0.29) is 17.7 Å². The second-order valence-corrected chi connectivity index (χ2v) is 8.79. The van der Waals surface area contributed by atoms with Crippen LogP contribution in [0, 0.1) is 0 Å². The molecule has 0 aromatic heterocycles. The van der Waals surface area contributed by atoms with Gasteiger partial charge in [-0.15, -0.1) is 0 Å². The summed E-state index contributed by atoms with van der Waals surface area (Å²) in [6.07, 6.45) is 0.751. The standard InChI is InChI=1S/C20H29N3O4S/c1-5-28-19(26)23(14-15-10-7-6-8-11-15)21-17(24)16-12-9-13-22(16)18(25)27-20(2,3)4/h6-8,10-11,16H,5,9,12-14H2,1-4H3,(H,21,24). The van der Waals surface area contributed by atoms with E-state index in [1.807, 2.05) is 37.3 Å². The molecule has 0 saturated carbocycles. The molecular formula is C20H29N3O4S. The minimum atomic E-state index is -0.646. The number of ether oxygens (including phenoxy) is 1. The van der Waals surface area contributed by atoms with Gasteiger partial charge in [-0.05, 0) is 44.9 Å². The number of hydrazine groups is 1. The van der Waals surface area contributed by atoms with Gasteiger partial charge in [0.2, 0.25) is 0 Å². The lowest BCUT2D eigenvalue weighted by atomic mass is 10.2. The van der Waals surface area contributed by atoms with E-state index in [4.69, 9.17) is 4.74 Å². The molecule has 1 N–H and O–H groups in total. The van der Waals surface area contributed by atoms with Gasteiger partial charge in [0.15, 0.2) is 0 Å². The lowest BCUT2D eigenvalue weighted by Gasteiger charge is -2.30. The van der Waals surface area contributed by atoms with Crippen LogP contribution < -0.4 is 5.43 Å². The average Bonchev–Trinajstić information content (AvgIpc) is 3.11. The van der Waals surface area contributed by atoms with Crippen molar-refractivity contribution in [1.29, 1.82) is 0 Å². The number of rotatable bonds is 4. The van der Waals surface area contributed by atoms with Crippen LogP contribution >= 0.6 is 11.8 Å². The Morgan fingerprint density at radius 1 is 1.25 bits per heavy atom. The van der Waals surface area contributed by atoms with Crippen molar-refractivity contribution in [2.75, 3.05) is 12.3 Å². The van der Waals surface area contributed by atoms with Crippen molar-refractivity contribution in [2.24, 2.45) is 0 Å². The Balaban J connectivity index is 2.08. The van der Waals surface area contributed by atoms with Crippen molar-refractivity contribution in [3.05, 3.63) is 35.9 Å². The summed E-state index contributed by atoms with van der Waals surface area (Å²) in [4.78, 5) is 39.2. The van der Waals surface area contributed by atoms with Gasteiger partial charge in [-0.2, -0.15) is 0 Å². The molecule has 0 radical (unpaired) electrons. The van der Waals surface area contributed by atoms with E-state index in [9.17, 15) is 14.4 Å². The van der Waals surface area contributed by atoms with Crippen molar-refractivity contribution in [2.45, 2.75) is 58.7 Å². The Morgan fingerprint density at radius 3 is 2.54 bits per heavy atom. The minimum Gasteiger partial charge on any atom is -0.444 e. The number of carbonyl (C=O) groups is 3. The number of benzene rings is 1. The summed E-state index contributed by atoms with van der Waals surface area (Å²) in [6.45, 7) is 7.97. The van der Waals surface area contributed by atoms with Gasteiger partial charge in [0.25, 0.3) is 11.1 Å². The van der Waals surface area contributed by atoms with Crippen molar-refractivity contribution in [3.8, 4) is 0 Å².